The van der Waals surface area contributed by atoms with Crippen LogP contribution in [-0.2, 0) is 0 Å². The second-order valence-electron chi connectivity index (χ2n) is 7.68. The van der Waals surface area contributed by atoms with E-state index in [9.17, 15) is 9.59 Å². The summed E-state index contributed by atoms with van der Waals surface area (Å²) in [4.78, 5) is 24.7. The molecule has 3 aromatic rings. The summed E-state index contributed by atoms with van der Waals surface area (Å²) in [5.74, 6) is 3.43. The Morgan fingerprint density at radius 3 is 1.69 bits per heavy atom. The quantitative estimate of drug-likeness (QED) is 0.237. The van der Waals surface area contributed by atoms with E-state index in [0.717, 1.165) is 5.56 Å². The van der Waals surface area contributed by atoms with Crippen molar-refractivity contribution >= 4 is 19.6 Å². The largest absolute Gasteiger partial charge is 0.457 e. The molecule has 144 valence electrons. The molecule has 0 saturated carbocycles. The van der Waals surface area contributed by atoms with Gasteiger partial charge < -0.3 is 4.74 Å². The van der Waals surface area contributed by atoms with Crippen LogP contribution in [0.15, 0.2) is 78.9 Å². The summed E-state index contributed by atoms with van der Waals surface area (Å²) >= 11 is 0. The first-order chi connectivity index (χ1) is 13.8. The zero-order chi connectivity index (χ0) is 20.9. The molecule has 0 aliphatic heterocycles. The first kappa shape index (κ1) is 20.3. The van der Waals surface area contributed by atoms with Gasteiger partial charge >= 0.3 is 0 Å². The molecule has 0 aliphatic carbocycles. The van der Waals surface area contributed by atoms with Crippen molar-refractivity contribution in [2.24, 2.45) is 0 Å². The van der Waals surface area contributed by atoms with Crippen LogP contribution in [0.5, 0.6) is 11.5 Å². The highest BCUT2D eigenvalue weighted by Crippen LogP contribution is 2.22. The van der Waals surface area contributed by atoms with Gasteiger partial charge in [0.05, 0.1) is 0 Å². The van der Waals surface area contributed by atoms with Crippen LogP contribution >= 0.6 is 0 Å². The van der Waals surface area contributed by atoms with Gasteiger partial charge in [-0.2, -0.15) is 0 Å². The van der Waals surface area contributed by atoms with Gasteiger partial charge in [-0.1, -0.05) is 55.9 Å². The molecule has 3 aromatic carbocycles. The fourth-order valence-electron chi connectivity index (χ4n) is 2.53. The van der Waals surface area contributed by atoms with Gasteiger partial charge in [0.2, 0.25) is 11.6 Å². The number of hydrogen-bond donors (Lipinski definition) is 0. The number of ether oxygens (including phenoxy) is 1. The molecule has 29 heavy (non-hydrogen) atoms. The van der Waals surface area contributed by atoms with Crippen LogP contribution < -0.4 is 4.74 Å². The van der Waals surface area contributed by atoms with Gasteiger partial charge in [0.15, 0.2) is 0 Å². The molecule has 0 aromatic heterocycles. The third-order valence-electron chi connectivity index (χ3n) is 4.03. The highest BCUT2D eigenvalue weighted by atomic mass is 28.3. The molecule has 3 rings (SSSR count). The van der Waals surface area contributed by atoms with E-state index < -0.39 is 19.6 Å². The minimum Gasteiger partial charge on any atom is -0.457 e. The molecule has 0 radical (unpaired) electrons. The smallest absolute Gasteiger partial charge is 0.233 e. The van der Waals surface area contributed by atoms with E-state index in [1.807, 2.05) is 24.3 Å². The Labute approximate surface area is 172 Å². The van der Waals surface area contributed by atoms with E-state index in [0.29, 0.717) is 22.6 Å². The Morgan fingerprint density at radius 1 is 0.690 bits per heavy atom. The maximum absolute atomic E-state index is 12.4. The van der Waals surface area contributed by atoms with Crippen LogP contribution in [0, 0.1) is 11.5 Å². The Bertz CT molecular complexity index is 1070. The van der Waals surface area contributed by atoms with Crippen LogP contribution in [0.3, 0.4) is 0 Å². The van der Waals surface area contributed by atoms with E-state index in [4.69, 9.17) is 4.74 Å². The summed E-state index contributed by atoms with van der Waals surface area (Å²) < 4.78 is 5.82. The standard InChI is InChI=1S/C25H22O3Si/c1-29(2,3)18-17-19-9-13-22(14-10-19)28-23-15-11-21(12-16-23)25(27)24(26)20-7-5-4-6-8-20/h4-16H,1-3H3. The molecule has 0 fully saturated rings. The van der Waals surface area contributed by atoms with Crippen LogP contribution in [-0.4, -0.2) is 19.6 Å². The predicted octanol–water partition coefficient (Wildman–Crippen LogP) is 5.77. The molecular formula is C25H22O3Si. The Balaban J connectivity index is 1.67. The normalized spacial score (nSPS) is 10.6. The van der Waals surface area contributed by atoms with Crippen molar-refractivity contribution in [1.82, 2.24) is 0 Å². The van der Waals surface area contributed by atoms with Gasteiger partial charge in [-0.05, 0) is 48.5 Å². The van der Waals surface area contributed by atoms with Crippen molar-refractivity contribution in [2.45, 2.75) is 19.6 Å². The predicted molar refractivity (Wildman–Crippen MR) is 118 cm³/mol. The highest BCUT2D eigenvalue weighted by Gasteiger charge is 2.17. The van der Waals surface area contributed by atoms with Gasteiger partial charge in [-0.3, -0.25) is 9.59 Å². The van der Waals surface area contributed by atoms with Gasteiger partial charge in [0.1, 0.15) is 19.6 Å². The van der Waals surface area contributed by atoms with Gasteiger partial charge in [0, 0.05) is 16.7 Å². The first-order valence-corrected chi connectivity index (χ1v) is 12.9. The number of rotatable bonds is 5. The van der Waals surface area contributed by atoms with Crippen molar-refractivity contribution in [2.75, 3.05) is 0 Å². The fraction of sp³-hybridized carbons (Fsp3) is 0.120. The summed E-state index contributed by atoms with van der Waals surface area (Å²) in [6.45, 7) is 6.62. The molecule has 0 amide bonds. The van der Waals surface area contributed by atoms with Crippen LogP contribution in [0.25, 0.3) is 0 Å². The first-order valence-electron chi connectivity index (χ1n) is 9.37. The summed E-state index contributed by atoms with van der Waals surface area (Å²) in [5.41, 5.74) is 5.01. The van der Waals surface area contributed by atoms with Gasteiger partial charge in [-0.15, -0.1) is 5.54 Å². The molecule has 4 heteroatoms. The number of carbonyl (C=O) groups is 2. The molecule has 0 atom stereocenters. The molecule has 3 nitrogen and oxygen atoms in total. The zero-order valence-corrected chi connectivity index (χ0v) is 17.7. The average Bonchev–Trinajstić information content (AvgIpc) is 2.73. The van der Waals surface area contributed by atoms with Crippen LogP contribution in [0.1, 0.15) is 26.3 Å². The van der Waals surface area contributed by atoms with Crippen molar-refractivity contribution in [3.63, 3.8) is 0 Å². The molecule has 0 N–H and O–H groups in total. The van der Waals surface area contributed by atoms with E-state index in [1.165, 1.54) is 0 Å². The van der Waals surface area contributed by atoms with Crippen molar-refractivity contribution < 1.29 is 14.3 Å². The van der Waals surface area contributed by atoms with Crippen LogP contribution in [0.4, 0.5) is 0 Å². The maximum atomic E-state index is 12.4. The lowest BCUT2D eigenvalue weighted by molar-refractivity contribution is 0.0817. The summed E-state index contributed by atoms with van der Waals surface area (Å²) in [6.07, 6.45) is 0. The van der Waals surface area contributed by atoms with Gasteiger partial charge in [-0.25, -0.2) is 0 Å². The van der Waals surface area contributed by atoms with Crippen LogP contribution in [0.2, 0.25) is 19.6 Å². The lowest BCUT2D eigenvalue weighted by Gasteiger charge is -2.07. The fourth-order valence-corrected chi connectivity index (χ4v) is 3.05. The average molecular weight is 399 g/mol. The highest BCUT2D eigenvalue weighted by molar-refractivity contribution is 6.83. The number of hydrogen-bond acceptors (Lipinski definition) is 3. The molecule has 0 bridgehead atoms. The third kappa shape index (κ3) is 5.77. The van der Waals surface area contributed by atoms with E-state index >= 15 is 0 Å². The number of carbonyl (C=O) groups excluding carboxylic acids is 2. The summed E-state index contributed by atoms with van der Waals surface area (Å²) in [6, 6.07) is 22.7. The summed E-state index contributed by atoms with van der Waals surface area (Å²) in [7, 11) is -1.40. The van der Waals surface area contributed by atoms with E-state index in [1.54, 1.807) is 54.6 Å². The second kappa shape index (κ2) is 8.72. The van der Waals surface area contributed by atoms with Crippen molar-refractivity contribution in [3.05, 3.63) is 95.6 Å². The monoisotopic (exact) mass is 398 g/mol. The molecular weight excluding hydrogens is 376 g/mol. The van der Waals surface area contributed by atoms with E-state index in [-0.39, 0.29) is 0 Å². The third-order valence-corrected chi connectivity index (χ3v) is 4.91. The SMILES string of the molecule is C[Si](C)(C)C#Cc1ccc(Oc2ccc(C(=O)C(=O)c3ccccc3)cc2)cc1. The maximum Gasteiger partial charge on any atom is 0.233 e. The molecule has 0 unspecified atom stereocenters. The molecule has 0 saturated heterocycles. The van der Waals surface area contributed by atoms with Gasteiger partial charge in [0.25, 0.3) is 0 Å². The summed E-state index contributed by atoms with van der Waals surface area (Å²) in [5, 5.41) is 0. The van der Waals surface area contributed by atoms with E-state index in [2.05, 4.69) is 31.1 Å². The number of Topliss-reactive ketones (excluding diaryl/α,β-unsaturated/α-hetero) is 2. The Morgan fingerprint density at radius 2 is 1.17 bits per heavy atom. The topological polar surface area (TPSA) is 43.4 Å². The van der Waals surface area contributed by atoms with Crippen molar-refractivity contribution in [3.8, 4) is 23.0 Å². The molecule has 0 spiro atoms. The lowest BCUT2D eigenvalue weighted by atomic mass is 10.0. The Hall–Kier alpha value is -3.42. The zero-order valence-electron chi connectivity index (χ0n) is 16.7. The number of ketones is 2. The molecule has 0 aliphatic rings. The lowest BCUT2D eigenvalue weighted by Crippen LogP contribution is -2.16. The minimum absolute atomic E-state index is 0.336. The van der Waals surface area contributed by atoms with Crippen molar-refractivity contribution in [1.29, 1.82) is 0 Å². The Kier molecular flexibility index (Phi) is 6.11. The second-order valence-corrected chi connectivity index (χ2v) is 12.4. The minimum atomic E-state index is -1.40. The molecule has 0 heterocycles. The number of benzene rings is 3.